The first-order valence-electron chi connectivity index (χ1n) is 6.05. The lowest BCUT2D eigenvalue weighted by molar-refractivity contribution is 0.288. The van der Waals surface area contributed by atoms with Crippen LogP contribution in [0, 0.1) is 5.92 Å². The lowest BCUT2D eigenvalue weighted by Crippen LogP contribution is -2.30. The van der Waals surface area contributed by atoms with Crippen LogP contribution < -0.4 is 0 Å². The molecule has 0 spiro atoms. The predicted octanol–water partition coefficient (Wildman–Crippen LogP) is 4.51. The molecule has 0 bridgehead atoms. The fourth-order valence-electron chi connectivity index (χ4n) is 2.16. The zero-order valence-corrected chi connectivity index (χ0v) is 11.3. The van der Waals surface area contributed by atoms with Gasteiger partial charge in [-0.3, -0.25) is 0 Å². The normalized spacial score (nSPS) is 23.5. The highest BCUT2D eigenvalue weighted by Gasteiger charge is 2.34. The smallest absolute Gasteiger partial charge is 0.126 e. The zero-order chi connectivity index (χ0) is 11.3. The van der Waals surface area contributed by atoms with Gasteiger partial charge in [0, 0.05) is 0 Å². The van der Waals surface area contributed by atoms with Gasteiger partial charge in [0.15, 0.2) is 0 Å². The highest BCUT2D eigenvalue weighted by Crippen LogP contribution is 2.41. The van der Waals surface area contributed by atoms with E-state index in [0.29, 0.717) is 6.04 Å². The number of hydrogen-bond acceptors (Lipinski definition) is 3. The summed E-state index contributed by atoms with van der Waals surface area (Å²) in [5.74, 6) is 0.726. The maximum Gasteiger partial charge on any atom is 0.126 e. The molecule has 15 heavy (non-hydrogen) atoms. The van der Waals surface area contributed by atoms with E-state index in [1.807, 2.05) is 11.8 Å². The van der Waals surface area contributed by atoms with Gasteiger partial charge < -0.3 is 0 Å². The molecule has 0 heterocycles. The average Bonchev–Trinajstić information content (AvgIpc) is 2.27. The van der Waals surface area contributed by atoms with Crippen LogP contribution in [0.4, 0.5) is 0 Å². The average molecular weight is 228 g/mol. The zero-order valence-electron chi connectivity index (χ0n) is 10.5. The van der Waals surface area contributed by atoms with Crippen LogP contribution in [-0.4, -0.2) is 17.2 Å². The van der Waals surface area contributed by atoms with Crippen LogP contribution >= 0.6 is 11.8 Å². The van der Waals surface area contributed by atoms with Crippen LogP contribution in [0.3, 0.4) is 0 Å². The summed E-state index contributed by atoms with van der Waals surface area (Å²) in [7, 11) is 0. The molecule has 1 fully saturated rings. The molecule has 1 unspecified atom stereocenters. The van der Waals surface area contributed by atoms with E-state index in [2.05, 4.69) is 37.3 Å². The van der Waals surface area contributed by atoms with Crippen LogP contribution in [0.1, 0.15) is 52.9 Å². The number of rotatable bonds is 4. The van der Waals surface area contributed by atoms with Gasteiger partial charge in [0.25, 0.3) is 0 Å². The molecule has 0 radical (unpaired) electrons. The lowest BCUT2D eigenvalue weighted by atomic mass is 9.84. The molecule has 3 heteroatoms. The molecular weight excluding hydrogens is 204 g/mol. The Morgan fingerprint density at radius 2 is 1.80 bits per heavy atom. The molecule has 0 aliphatic heterocycles. The minimum atomic E-state index is 0.0185. The van der Waals surface area contributed by atoms with Crippen molar-refractivity contribution >= 4 is 11.8 Å². The minimum Gasteiger partial charge on any atom is -0.190 e. The number of nitrogens with zero attached hydrogens (tertiary/aromatic N) is 2. The monoisotopic (exact) mass is 228 g/mol. The van der Waals surface area contributed by atoms with E-state index in [0.717, 1.165) is 5.92 Å². The van der Waals surface area contributed by atoms with Crippen molar-refractivity contribution in [3.8, 4) is 0 Å². The summed E-state index contributed by atoms with van der Waals surface area (Å²) in [6.07, 6.45) is 8.97. The van der Waals surface area contributed by atoms with Gasteiger partial charge in [0.05, 0.1) is 6.04 Å². The molecule has 0 N–H and O–H groups in total. The molecule has 2 nitrogen and oxygen atoms in total. The molecule has 0 saturated heterocycles. The molecular formula is C12H24N2S. The van der Waals surface area contributed by atoms with E-state index >= 15 is 0 Å². The van der Waals surface area contributed by atoms with Gasteiger partial charge in [-0.05, 0) is 45.8 Å². The molecule has 1 saturated carbocycles. The Balaban J connectivity index is 2.64. The summed E-state index contributed by atoms with van der Waals surface area (Å²) >= 11 is 1.86. The Morgan fingerprint density at radius 1 is 1.20 bits per heavy atom. The van der Waals surface area contributed by atoms with Crippen LogP contribution in [0.15, 0.2) is 10.2 Å². The van der Waals surface area contributed by atoms with Gasteiger partial charge in [-0.2, -0.15) is 10.2 Å². The van der Waals surface area contributed by atoms with Crippen molar-refractivity contribution in [1.29, 1.82) is 0 Å². The van der Waals surface area contributed by atoms with E-state index in [9.17, 15) is 0 Å². The molecule has 1 aliphatic carbocycles. The number of azo groups is 1. The molecule has 1 rings (SSSR count). The van der Waals surface area contributed by atoms with Crippen LogP contribution in [0.25, 0.3) is 0 Å². The third-order valence-electron chi connectivity index (χ3n) is 3.26. The Morgan fingerprint density at radius 3 is 2.27 bits per heavy atom. The summed E-state index contributed by atoms with van der Waals surface area (Å²) in [5.41, 5.74) is 0. The highest BCUT2D eigenvalue weighted by atomic mass is 32.2. The lowest BCUT2D eigenvalue weighted by Gasteiger charge is -2.34. The van der Waals surface area contributed by atoms with E-state index < -0.39 is 0 Å². The molecule has 0 aromatic carbocycles. The van der Waals surface area contributed by atoms with Gasteiger partial charge >= 0.3 is 0 Å². The Bertz CT molecular complexity index is 210. The second-order valence-electron chi connectivity index (χ2n) is 4.90. The maximum atomic E-state index is 4.59. The summed E-state index contributed by atoms with van der Waals surface area (Å²) in [6.45, 7) is 6.43. The predicted molar refractivity (Wildman–Crippen MR) is 68.5 cm³/mol. The molecule has 1 atom stereocenters. The SMILES string of the molecule is CSC(C)(/N=N/C(C)C)C1CCCCC1. The van der Waals surface area contributed by atoms with E-state index in [4.69, 9.17) is 0 Å². The number of hydrogen-bond donors (Lipinski definition) is 0. The van der Waals surface area contributed by atoms with Gasteiger partial charge in [0.1, 0.15) is 4.87 Å². The second-order valence-corrected chi connectivity index (χ2v) is 6.14. The van der Waals surface area contributed by atoms with Gasteiger partial charge in [0.2, 0.25) is 0 Å². The van der Waals surface area contributed by atoms with E-state index in [-0.39, 0.29) is 4.87 Å². The molecule has 0 aromatic heterocycles. The van der Waals surface area contributed by atoms with Crippen molar-refractivity contribution in [2.45, 2.75) is 63.8 Å². The standard InChI is InChI=1S/C12H24N2S/c1-10(2)13-14-12(3,15-4)11-8-6-5-7-9-11/h10-11H,5-9H2,1-4H3/b14-13+. The van der Waals surface area contributed by atoms with E-state index in [1.165, 1.54) is 32.1 Å². The fraction of sp³-hybridized carbons (Fsp3) is 1.00. The van der Waals surface area contributed by atoms with Crippen molar-refractivity contribution in [2.24, 2.45) is 16.1 Å². The molecule has 1 aliphatic rings. The summed E-state index contributed by atoms with van der Waals surface area (Å²) in [5, 5.41) is 8.93. The molecule has 0 aromatic rings. The Labute approximate surface area is 98.3 Å². The topological polar surface area (TPSA) is 24.7 Å². The van der Waals surface area contributed by atoms with Crippen LogP contribution in [0.2, 0.25) is 0 Å². The first-order chi connectivity index (χ1) is 7.08. The van der Waals surface area contributed by atoms with Crippen LogP contribution in [0.5, 0.6) is 0 Å². The third-order valence-corrected chi connectivity index (χ3v) is 4.50. The minimum absolute atomic E-state index is 0.0185. The van der Waals surface area contributed by atoms with Crippen LogP contribution in [-0.2, 0) is 0 Å². The van der Waals surface area contributed by atoms with Gasteiger partial charge in [-0.25, -0.2) is 0 Å². The van der Waals surface area contributed by atoms with Crippen molar-refractivity contribution in [3.05, 3.63) is 0 Å². The van der Waals surface area contributed by atoms with Gasteiger partial charge in [-0.15, -0.1) is 11.8 Å². The van der Waals surface area contributed by atoms with Crippen molar-refractivity contribution in [3.63, 3.8) is 0 Å². The largest absolute Gasteiger partial charge is 0.190 e. The van der Waals surface area contributed by atoms with Crippen molar-refractivity contribution in [2.75, 3.05) is 6.26 Å². The molecule has 0 amide bonds. The van der Waals surface area contributed by atoms with E-state index in [1.54, 1.807) is 0 Å². The molecule has 88 valence electrons. The van der Waals surface area contributed by atoms with Gasteiger partial charge in [-0.1, -0.05) is 19.3 Å². The Hall–Kier alpha value is -0.0500. The fourth-order valence-corrected chi connectivity index (χ4v) is 2.86. The highest BCUT2D eigenvalue weighted by molar-refractivity contribution is 7.99. The summed E-state index contributed by atoms with van der Waals surface area (Å²) in [6, 6.07) is 0.320. The second kappa shape index (κ2) is 5.88. The van der Waals surface area contributed by atoms with Crippen molar-refractivity contribution in [1.82, 2.24) is 0 Å². The Kier molecular flexibility index (Phi) is 5.10. The van der Waals surface area contributed by atoms with Crippen molar-refractivity contribution < 1.29 is 0 Å². The quantitative estimate of drug-likeness (QED) is 0.650. The first-order valence-corrected chi connectivity index (χ1v) is 7.28. The summed E-state index contributed by atoms with van der Waals surface area (Å²) in [4.78, 5) is 0.0185. The first kappa shape index (κ1) is 13.0. The number of thioether (sulfide) groups is 1. The third kappa shape index (κ3) is 3.78. The maximum absolute atomic E-state index is 4.59. The summed E-state index contributed by atoms with van der Waals surface area (Å²) < 4.78 is 0.